The summed E-state index contributed by atoms with van der Waals surface area (Å²) in [5, 5.41) is 0.478. The van der Waals surface area contributed by atoms with Gasteiger partial charge in [-0.25, -0.2) is 9.97 Å². The number of benzene rings is 2. The van der Waals surface area contributed by atoms with Gasteiger partial charge in [-0.15, -0.1) is 0 Å². The third-order valence-corrected chi connectivity index (χ3v) is 5.58. The number of aromatic nitrogens is 2. The highest BCUT2D eigenvalue weighted by molar-refractivity contribution is 6.33. The number of halogens is 1. The Kier molecular flexibility index (Phi) is 5.86. The number of hydrogen-bond donors (Lipinski definition) is 0. The number of hydrogen-bond acceptors (Lipinski definition) is 5. The Balaban J connectivity index is 1.46. The first kappa shape index (κ1) is 20.2. The van der Waals surface area contributed by atoms with E-state index in [9.17, 15) is 4.79 Å². The van der Waals surface area contributed by atoms with Crippen LogP contribution < -0.4 is 9.64 Å². The van der Waals surface area contributed by atoms with Gasteiger partial charge < -0.3 is 14.5 Å². The first-order valence-corrected chi connectivity index (χ1v) is 10.3. The lowest BCUT2D eigenvalue weighted by molar-refractivity contribution is 0.0674. The highest BCUT2D eigenvalue weighted by Crippen LogP contribution is 2.27. The molecule has 7 heteroatoms. The first-order chi connectivity index (χ1) is 14.5. The van der Waals surface area contributed by atoms with Crippen molar-refractivity contribution in [1.29, 1.82) is 0 Å². The molecule has 0 N–H and O–H groups in total. The van der Waals surface area contributed by atoms with E-state index < -0.39 is 0 Å². The van der Waals surface area contributed by atoms with Gasteiger partial charge >= 0.3 is 0 Å². The van der Waals surface area contributed by atoms with Crippen LogP contribution in [0.3, 0.4) is 0 Å². The van der Waals surface area contributed by atoms with Crippen molar-refractivity contribution in [2.45, 2.75) is 19.9 Å². The number of piperazine rings is 1. The van der Waals surface area contributed by atoms with E-state index in [2.05, 4.69) is 14.9 Å². The van der Waals surface area contributed by atoms with Gasteiger partial charge in [0.1, 0.15) is 17.9 Å². The Morgan fingerprint density at radius 1 is 1.10 bits per heavy atom. The molecular weight excluding hydrogens is 400 g/mol. The summed E-state index contributed by atoms with van der Waals surface area (Å²) in [4.78, 5) is 25.6. The van der Waals surface area contributed by atoms with E-state index in [-0.39, 0.29) is 11.9 Å². The van der Waals surface area contributed by atoms with Crippen molar-refractivity contribution < 1.29 is 9.53 Å². The molecule has 1 aliphatic rings. The molecule has 1 atom stereocenters. The molecule has 1 aliphatic heterocycles. The zero-order chi connectivity index (χ0) is 21.1. The molecule has 1 saturated heterocycles. The highest BCUT2D eigenvalue weighted by Gasteiger charge is 2.29. The number of carbonyl (C=O) groups is 1. The van der Waals surface area contributed by atoms with Crippen LogP contribution in [0.25, 0.3) is 0 Å². The quantitative estimate of drug-likeness (QED) is 0.615. The first-order valence-electron chi connectivity index (χ1n) is 9.89. The van der Waals surface area contributed by atoms with E-state index in [1.807, 2.05) is 61.2 Å². The molecule has 2 aromatic carbocycles. The maximum Gasteiger partial charge on any atom is 0.255 e. The smallest absolute Gasteiger partial charge is 0.255 e. The minimum absolute atomic E-state index is 0.0122. The number of nitrogens with zero attached hydrogens (tertiary/aromatic N) is 4. The Labute approximate surface area is 181 Å². The molecule has 2 heterocycles. The van der Waals surface area contributed by atoms with Gasteiger partial charge in [0.15, 0.2) is 0 Å². The van der Waals surface area contributed by atoms with Crippen LogP contribution in [0, 0.1) is 6.92 Å². The zero-order valence-corrected chi connectivity index (χ0v) is 17.7. The number of amides is 1. The van der Waals surface area contributed by atoms with Crippen LogP contribution in [0.2, 0.25) is 5.02 Å². The molecule has 6 nitrogen and oxygen atoms in total. The maximum atomic E-state index is 12.9. The third-order valence-electron chi connectivity index (χ3n) is 5.25. The molecule has 1 aromatic heterocycles. The van der Waals surface area contributed by atoms with Gasteiger partial charge in [0, 0.05) is 31.7 Å². The number of ether oxygens (including phenoxy) is 1. The molecule has 154 valence electrons. The fourth-order valence-electron chi connectivity index (χ4n) is 3.60. The predicted molar refractivity (Wildman–Crippen MR) is 117 cm³/mol. The van der Waals surface area contributed by atoms with Crippen LogP contribution >= 0.6 is 11.6 Å². The van der Waals surface area contributed by atoms with Crippen LogP contribution in [0.4, 0.5) is 5.82 Å². The summed E-state index contributed by atoms with van der Waals surface area (Å²) < 4.78 is 5.94. The molecular formula is C23H23ClN4O2. The van der Waals surface area contributed by atoms with E-state index in [0.717, 1.165) is 17.1 Å². The molecule has 30 heavy (non-hydrogen) atoms. The summed E-state index contributed by atoms with van der Waals surface area (Å²) in [5.41, 5.74) is 1.58. The van der Waals surface area contributed by atoms with E-state index in [1.165, 1.54) is 6.33 Å². The molecule has 1 amide bonds. The standard InChI is InChI=1S/C23H23ClN4O2/c1-16-7-3-6-10-20(16)30-22-13-21(25-15-26-22)27-11-12-28(17(2)14-27)23(29)18-8-4-5-9-19(18)24/h3-10,13,15,17H,11-12,14H2,1-2H3. The Hall–Kier alpha value is -3.12. The summed E-state index contributed by atoms with van der Waals surface area (Å²) in [5.74, 6) is 2.01. The van der Waals surface area contributed by atoms with E-state index in [1.54, 1.807) is 12.1 Å². The topological polar surface area (TPSA) is 58.6 Å². The fraction of sp³-hybridized carbons (Fsp3) is 0.261. The van der Waals surface area contributed by atoms with Crippen LogP contribution in [-0.4, -0.2) is 46.5 Å². The van der Waals surface area contributed by atoms with E-state index in [4.69, 9.17) is 16.3 Å². The van der Waals surface area contributed by atoms with Gasteiger partial charge in [-0.3, -0.25) is 4.79 Å². The second kappa shape index (κ2) is 8.71. The number of aryl methyl sites for hydroxylation is 1. The van der Waals surface area contributed by atoms with Crippen LogP contribution in [-0.2, 0) is 0 Å². The van der Waals surface area contributed by atoms with Crippen LogP contribution in [0.1, 0.15) is 22.8 Å². The van der Waals surface area contributed by atoms with E-state index >= 15 is 0 Å². The Bertz CT molecular complexity index is 1060. The molecule has 1 unspecified atom stereocenters. The summed E-state index contributed by atoms with van der Waals surface area (Å²) in [6.45, 7) is 5.95. The van der Waals surface area contributed by atoms with Gasteiger partial charge in [0.25, 0.3) is 5.91 Å². The molecule has 0 saturated carbocycles. The van der Waals surface area contributed by atoms with Gasteiger partial charge in [-0.2, -0.15) is 0 Å². The average molecular weight is 423 g/mol. The summed E-state index contributed by atoms with van der Waals surface area (Å²) in [7, 11) is 0. The second-order valence-corrected chi connectivity index (χ2v) is 7.76. The van der Waals surface area contributed by atoms with Crippen LogP contribution in [0.5, 0.6) is 11.6 Å². The molecule has 0 bridgehead atoms. The van der Waals surface area contributed by atoms with Crippen molar-refractivity contribution in [3.8, 4) is 11.6 Å². The predicted octanol–water partition coefficient (Wildman–Crippen LogP) is 4.58. The van der Waals surface area contributed by atoms with Crippen molar-refractivity contribution in [1.82, 2.24) is 14.9 Å². The number of anilines is 1. The maximum absolute atomic E-state index is 12.9. The molecule has 4 rings (SSSR count). The number of carbonyl (C=O) groups excluding carboxylic acids is 1. The van der Waals surface area contributed by atoms with Crippen molar-refractivity contribution >= 4 is 23.3 Å². The Morgan fingerprint density at radius 3 is 2.63 bits per heavy atom. The summed E-state index contributed by atoms with van der Waals surface area (Å²) in [6.07, 6.45) is 1.51. The lowest BCUT2D eigenvalue weighted by Crippen LogP contribution is -2.54. The van der Waals surface area contributed by atoms with Gasteiger partial charge in [0.2, 0.25) is 5.88 Å². The largest absolute Gasteiger partial charge is 0.439 e. The van der Waals surface area contributed by atoms with E-state index in [0.29, 0.717) is 36.1 Å². The lowest BCUT2D eigenvalue weighted by atomic mass is 10.1. The van der Waals surface area contributed by atoms with Crippen LogP contribution in [0.15, 0.2) is 60.9 Å². The lowest BCUT2D eigenvalue weighted by Gasteiger charge is -2.40. The molecule has 0 aliphatic carbocycles. The number of rotatable bonds is 4. The molecule has 1 fully saturated rings. The third kappa shape index (κ3) is 4.24. The Morgan fingerprint density at radius 2 is 1.87 bits per heavy atom. The average Bonchev–Trinajstić information content (AvgIpc) is 2.75. The minimum atomic E-state index is -0.0426. The van der Waals surface area contributed by atoms with Crippen molar-refractivity contribution in [2.24, 2.45) is 0 Å². The molecule has 0 spiro atoms. The molecule has 3 aromatic rings. The van der Waals surface area contributed by atoms with Crippen molar-refractivity contribution in [2.75, 3.05) is 24.5 Å². The van der Waals surface area contributed by atoms with Gasteiger partial charge in [0.05, 0.1) is 10.6 Å². The normalized spacial score (nSPS) is 16.4. The summed E-state index contributed by atoms with van der Waals surface area (Å²) >= 11 is 6.22. The fourth-order valence-corrected chi connectivity index (χ4v) is 3.82. The zero-order valence-electron chi connectivity index (χ0n) is 17.0. The molecule has 0 radical (unpaired) electrons. The summed E-state index contributed by atoms with van der Waals surface area (Å²) in [6, 6.07) is 16.8. The SMILES string of the molecule is Cc1ccccc1Oc1cc(N2CCN(C(=O)c3ccccc3Cl)C(C)C2)ncn1. The van der Waals surface area contributed by atoms with Gasteiger partial charge in [-0.1, -0.05) is 41.9 Å². The van der Waals surface area contributed by atoms with Crippen molar-refractivity contribution in [3.05, 3.63) is 77.1 Å². The monoisotopic (exact) mass is 422 g/mol. The minimum Gasteiger partial charge on any atom is -0.439 e. The highest BCUT2D eigenvalue weighted by atomic mass is 35.5. The van der Waals surface area contributed by atoms with Gasteiger partial charge in [-0.05, 0) is 37.6 Å². The second-order valence-electron chi connectivity index (χ2n) is 7.36. The van der Waals surface area contributed by atoms with Crippen molar-refractivity contribution in [3.63, 3.8) is 0 Å². The number of para-hydroxylation sites is 1.